The molecule has 3 N–H and O–H groups in total. The number of hydrogen-bond acceptors (Lipinski definition) is 6. The second kappa shape index (κ2) is 11.9. The molecule has 5 rings (SSSR count). The molecule has 45 heavy (non-hydrogen) atoms. The summed E-state index contributed by atoms with van der Waals surface area (Å²) in [4.78, 5) is 19.9. The minimum atomic E-state index is -4.74. The summed E-state index contributed by atoms with van der Waals surface area (Å²) in [6.07, 6.45) is -9.55. The fourth-order valence-electron chi connectivity index (χ4n) is 6.05. The Labute approximate surface area is 254 Å². The van der Waals surface area contributed by atoms with Gasteiger partial charge in [0.05, 0.1) is 59.2 Å². The van der Waals surface area contributed by atoms with Gasteiger partial charge in [0.15, 0.2) is 0 Å². The number of pyridine rings is 1. The van der Waals surface area contributed by atoms with Crippen molar-refractivity contribution in [2.75, 3.05) is 36.1 Å². The lowest BCUT2D eigenvalue weighted by Gasteiger charge is -2.46. The molecule has 238 valence electrons. The Hall–Kier alpha value is -4.35. The minimum absolute atomic E-state index is 0.0244. The fraction of sp³-hybridized carbons (Fsp3) is 0.387. The predicted octanol–water partition coefficient (Wildman–Crippen LogP) is 6.50. The van der Waals surface area contributed by atoms with Crippen LogP contribution in [0.25, 0.3) is 0 Å². The zero-order valence-corrected chi connectivity index (χ0v) is 24.0. The van der Waals surface area contributed by atoms with Crippen molar-refractivity contribution in [3.63, 3.8) is 0 Å². The quantitative estimate of drug-likeness (QED) is 0.308. The lowest BCUT2D eigenvalue weighted by atomic mass is 9.77. The van der Waals surface area contributed by atoms with E-state index in [2.05, 4.69) is 4.98 Å². The first-order valence-corrected chi connectivity index (χ1v) is 14.1. The second-order valence-electron chi connectivity index (χ2n) is 11.1. The molecular weight excluding hydrogens is 604 g/mol. The predicted molar refractivity (Wildman–Crippen MR) is 152 cm³/mol. The van der Waals surface area contributed by atoms with E-state index in [1.807, 2.05) is 4.90 Å². The Balaban J connectivity index is 1.72. The highest BCUT2D eigenvalue weighted by molar-refractivity contribution is 5.90. The Kier molecular flexibility index (Phi) is 8.45. The lowest BCUT2D eigenvalue weighted by Crippen LogP contribution is -2.61. The number of carbonyl (C=O) groups is 1. The van der Waals surface area contributed by atoms with Crippen molar-refractivity contribution in [2.24, 2.45) is 5.73 Å². The van der Waals surface area contributed by atoms with Crippen LogP contribution in [-0.2, 0) is 23.5 Å². The summed E-state index contributed by atoms with van der Waals surface area (Å²) in [7, 11) is 0. The van der Waals surface area contributed by atoms with Gasteiger partial charge in [-0.2, -0.15) is 31.6 Å². The number of hydrogen-bond donors (Lipinski definition) is 2. The van der Waals surface area contributed by atoms with Gasteiger partial charge in [-0.3, -0.25) is 9.88 Å². The average molecular weight is 634 g/mol. The smallest absolute Gasteiger partial charge is 0.416 e. The van der Waals surface area contributed by atoms with Crippen molar-refractivity contribution in [1.82, 2.24) is 4.98 Å². The van der Waals surface area contributed by atoms with E-state index in [9.17, 15) is 41.5 Å². The van der Waals surface area contributed by atoms with Crippen LogP contribution in [0.1, 0.15) is 64.8 Å². The van der Waals surface area contributed by atoms with Gasteiger partial charge in [-0.05, 0) is 78.4 Å². The molecule has 2 aliphatic heterocycles. The Bertz CT molecular complexity index is 1650. The number of alkyl halides is 6. The molecule has 2 aliphatic rings. The third kappa shape index (κ3) is 6.41. The molecule has 0 aliphatic carbocycles. The number of morpholine rings is 1. The first kappa shape index (κ1) is 32.1. The molecule has 8 nitrogen and oxygen atoms in total. The van der Waals surface area contributed by atoms with Gasteiger partial charge in [-0.25, -0.2) is 4.79 Å². The van der Waals surface area contributed by atoms with E-state index in [-0.39, 0.29) is 47.3 Å². The van der Waals surface area contributed by atoms with Crippen LogP contribution < -0.4 is 15.5 Å². The van der Waals surface area contributed by atoms with E-state index in [4.69, 9.17) is 10.5 Å². The van der Waals surface area contributed by atoms with Crippen LogP contribution in [0.5, 0.6) is 0 Å². The number of benzene rings is 2. The van der Waals surface area contributed by atoms with Crippen molar-refractivity contribution in [2.45, 2.75) is 50.1 Å². The molecule has 0 unspecified atom stereocenters. The number of ether oxygens (including phenoxy) is 1. The van der Waals surface area contributed by atoms with Crippen LogP contribution in [0.2, 0.25) is 0 Å². The molecule has 1 aromatic heterocycles. The van der Waals surface area contributed by atoms with Gasteiger partial charge in [0, 0.05) is 19.0 Å². The fourth-order valence-corrected chi connectivity index (χ4v) is 6.05. The Morgan fingerprint density at radius 2 is 1.78 bits per heavy atom. The summed E-state index contributed by atoms with van der Waals surface area (Å²) in [5, 5.41) is 19.5. The zero-order valence-electron chi connectivity index (χ0n) is 24.0. The van der Waals surface area contributed by atoms with Crippen LogP contribution in [0.15, 0.2) is 48.7 Å². The first-order chi connectivity index (χ1) is 21.1. The SMILES string of the molecule is CC[C@]1(N)C[C@H](c2ncc(N3CCOCC3)cc2Cc2cc(C#N)cc(C(F)(F)F)c2)c2cc(C(F)(F)F)ccc2N1C(=O)O. The van der Waals surface area contributed by atoms with Gasteiger partial charge in [0.25, 0.3) is 0 Å². The van der Waals surface area contributed by atoms with Crippen molar-refractivity contribution in [3.8, 4) is 6.07 Å². The van der Waals surface area contributed by atoms with Crippen molar-refractivity contribution in [3.05, 3.63) is 87.7 Å². The maximum atomic E-state index is 13.9. The number of halogens is 6. The van der Waals surface area contributed by atoms with Crippen LogP contribution in [-0.4, -0.2) is 48.1 Å². The molecular formula is C31H29F6N5O3. The number of nitrogens with two attached hydrogens (primary N) is 1. The molecule has 2 aromatic carbocycles. The monoisotopic (exact) mass is 633 g/mol. The van der Waals surface area contributed by atoms with Crippen LogP contribution >= 0.6 is 0 Å². The van der Waals surface area contributed by atoms with Crippen LogP contribution in [0, 0.1) is 11.3 Å². The highest BCUT2D eigenvalue weighted by atomic mass is 19.4. The van der Waals surface area contributed by atoms with Gasteiger partial charge >= 0.3 is 18.4 Å². The molecule has 3 aromatic rings. The summed E-state index contributed by atoms with van der Waals surface area (Å²) in [5.41, 5.74) is 4.29. The minimum Gasteiger partial charge on any atom is -0.465 e. The first-order valence-electron chi connectivity index (χ1n) is 14.1. The van der Waals surface area contributed by atoms with E-state index in [0.29, 0.717) is 37.6 Å². The highest BCUT2D eigenvalue weighted by Gasteiger charge is 2.46. The van der Waals surface area contributed by atoms with Gasteiger partial charge in [-0.15, -0.1) is 0 Å². The van der Waals surface area contributed by atoms with Crippen molar-refractivity contribution in [1.29, 1.82) is 5.26 Å². The van der Waals surface area contributed by atoms with E-state index < -0.39 is 41.2 Å². The largest absolute Gasteiger partial charge is 0.465 e. The number of nitrogens with zero attached hydrogens (tertiary/aromatic N) is 4. The van der Waals surface area contributed by atoms with Crippen molar-refractivity contribution < 1.29 is 41.0 Å². The van der Waals surface area contributed by atoms with Crippen LogP contribution in [0.3, 0.4) is 0 Å². The summed E-state index contributed by atoms with van der Waals surface area (Å²) < 4.78 is 88.3. The van der Waals surface area contributed by atoms with E-state index in [0.717, 1.165) is 35.2 Å². The molecule has 14 heteroatoms. The van der Waals surface area contributed by atoms with E-state index in [1.54, 1.807) is 19.1 Å². The lowest BCUT2D eigenvalue weighted by molar-refractivity contribution is -0.138. The zero-order chi connectivity index (χ0) is 32.7. The maximum absolute atomic E-state index is 13.9. The second-order valence-corrected chi connectivity index (χ2v) is 11.1. The summed E-state index contributed by atoms with van der Waals surface area (Å²) in [6.45, 7) is 3.55. The molecule has 0 bridgehead atoms. The van der Waals surface area contributed by atoms with Crippen molar-refractivity contribution >= 4 is 17.5 Å². The molecule has 1 saturated heterocycles. The third-order valence-electron chi connectivity index (χ3n) is 8.31. The number of aromatic nitrogens is 1. The van der Waals surface area contributed by atoms with Gasteiger partial charge in [0.2, 0.25) is 0 Å². The Morgan fingerprint density at radius 3 is 2.38 bits per heavy atom. The molecule has 1 fully saturated rings. The normalized spacial score (nSPS) is 20.5. The maximum Gasteiger partial charge on any atom is 0.416 e. The number of nitriles is 1. The molecule has 1 amide bonds. The molecule has 0 radical (unpaired) electrons. The Morgan fingerprint density at radius 1 is 1.09 bits per heavy atom. The number of fused-ring (bicyclic) bond motifs is 1. The molecule has 0 spiro atoms. The highest BCUT2D eigenvalue weighted by Crippen LogP contribution is 2.48. The third-order valence-corrected chi connectivity index (χ3v) is 8.31. The van der Waals surface area contributed by atoms with Crippen LogP contribution in [0.4, 0.5) is 42.5 Å². The summed E-state index contributed by atoms with van der Waals surface area (Å²) >= 11 is 0. The summed E-state index contributed by atoms with van der Waals surface area (Å²) in [5.74, 6) is -0.946. The standard InChI is InChI=1S/C31H29F6N5O3/c1-2-29(39)15-25(24-14-21(30(32,33)34)3-4-26(24)42(29)28(43)44)27-20(13-23(17-40-27)41-5-7-45-8-6-41)10-18-9-19(16-38)12-22(11-18)31(35,36)37/h3-4,9,11-14,17,25H,2,5-8,10,15,39H2,1H3,(H,43,44)/t25-,29+/m0/s1. The number of rotatable bonds is 5. The number of anilines is 2. The van der Waals surface area contributed by atoms with E-state index >= 15 is 0 Å². The topological polar surface area (TPSA) is 116 Å². The molecule has 2 atom stereocenters. The van der Waals surface area contributed by atoms with Gasteiger partial charge < -0.3 is 20.5 Å². The number of carboxylic acid groups (broad SMARTS) is 1. The van der Waals surface area contributed by atoms with E-state index in [1.165, 1.54) is 12.3 Å². The number of amides is 1. The average Bonchev–Trinajstić information content (AvgIpc) is 2.99. The molecule has 3 heterocycles. The summed E-state index contributed by atoms with van der Waals surface area (Å²) in [6, 6.07) is 9.20. The molecule has 0 saturated carbocycles. The van der Waals surface area contributed by atoms with Gasteiger partial charge in [-0.1, -0.05) is 6.92 Å². The van der Waals surface area contributed by atoms with Gasteiger partial charge in [0.1, 0.15) is 5.66 Å².